The van der Waals surface area contributed by atoms with E-state index in [9.17, 15) is 4.79 Å². The van der Waals surface area contributed by atoms with E-state index in [2.05, 4.69) is 17.2 Å². The number of nitrogen functional groups attached to an aromatic ring is 1. The van der Waals surface area contributed by atoms with Crippen molar-refractivity contribution in [3.8, 4) is 0 Å². The van der Waals surface area contributed by atoms with Crippen LogP contribution in [0.2, 0.25) is 0 Å². The Kier molecular flexibility index (Phi) is 4.60. The van der Waals surface area contributed by atoms with Gasteiger partial charge in [0.1, 0.15) is 10.7 Å². The van der Waals surface area contributed by atoms with Crippen molar-refractivity contribution < 1.29 is 9.90 Å². The van der Waals surface area contributed by atoms with Gasteiger partial charge in [-0.3, -0.25) is 4.79 Å². The van der Waals surface area contributed by atoms with Gasteiger partial charge in [-0.15, -0.1) is 0 Å². The fourth-order valence-electron chi connectivity index (χ4n) is 1.87. The maximum Gasteiger partial charge on any atom is 0.268 e. The molecule has 0 atom stereocenters. The minimum atomic E-state index is -0.115. The van der Waals surface area contributed by atoms with E-state index >= 15 is 0 Å². The third-order valence-corrected chi connectivity index (χ3v) is 3.98. The van der Waals surface area contributed by atoms with Crippen LogP contribution >= 0.6 is 11.3 Å². The molecule has 2 rings (SSSR count). The molecule has 1 fully saturated rings. The number of aliphatic hydroxyl groups excluding tert-OH is 1. The van der Waals surface area contributed by atoms with Gasteiger partial charge in [-0.25, -0.2) is 4.98 Å². The standard InChI is InChI=1S/C12H20N4O2S/c1-2-5-14-12-15-10(13)9(19-12)11(18)16(6-7-17)8-3-4-8/h8,17H,2-7,13H2,1H3,(H,14,15). The highest BCUT2D eigenvalue weighted by atomic mass is 32.1. The summed E-state index contributed by atoms with van der Waals surface area (Å²) in [6.45, 7) is 3.20. The Labute approximate surface area is 116 Å². The quantitative estimate of drug-likeness (QED) is 0.698. The minimum absolute atomic E-state index is 0.0259. The second kappa shape index (κ2) is 6.21. The van der Waals surface area contributed by atoms with Gasteiger partial charge in [0.05, 0.1) is 6.61 Å². The normalized spacial score (nSPS) is 14.4. The van der Waals surface area contributed by atoms with Crippen LogP contribution in [0.25, 0.3) is 0 Å². The molecule has 106 valence electrons. The molecule has 0 spiro atoms. The molecule has 0 unspecified atom stereocenters. The zero-order valence-corrected chi connectivity index (χ0v) is 11.9. The molecule has 1 saturated carbocycles. The van der Waals surface area contributed by atoms with E-state index in [0.717, 1.165) is 25.8 Å². The van der Waals surface area contributed by atoms with E-state index in [1.54, 1.807) is 4.90 Å². The third kappa shape index (κ3) is 3.36. The van der Waals surface area contributed by atoms with E-state index in [-0.39, 0.29) is 24.4 Å². The number of nitrogens with one attached hydrogen (secondary N) is 1. The summed E-state index contributed by atoms with van der Waals surface area (Å²) in [7, 11) is 0. The van der Waals surface area contributed by atoms with Gasteiger partial charge in [-0.1, -0.05) is 18.3 Å². The second-order valence-electron chi connectivity index (χ2n) is 4.61. The van der Waals surface area contributed by atoms with Gasteiger partial charge in [-0.2, -0.15) is 0 Å². The van der Waals surface area contributed by atoms with Gasteiger partial charge in [-0.05, 0) is 19.3 Å². The van der Waals surface area contributed by atoms with Crippen molar-refractivity contribution in [2.45, 2.75) is 32.2 Å². The number of amides is 1. The fourth-order valence-corrected chi connectivity index (χ4v) is 2.73. The molecule has 1 amide bonds. The van der Waals surface area contributed by atoms with Gasteiger partial charge in [0.25, 0.3) is 5.91 Å². The van der Waals surface area contributed by atoms with Gasteiger partial charge < -0.3 is 21.1 Å². The number of anilines is 2. The Morgan fingerprint density at radius 3 is 2.95 bits per heavy atom. The van der Waals surface area contributed by atoms with E-state index < -0.39 is 0 Å². The van der Waals surface area contributed by atoms with Crippen LogP contribution in [0.1, 0.15) is 35.9 Å². The lowest BCUT2D eigenvalue weighted by Crippen LogP contribution is -2.35. The molecule has 0 radical (unpaired) electrons. The lowest BCUT2D eigenvalue weighted by molar-refractivity contribution is 0.0713. The predicted molar refractivity (Wildman–Crippen MR) is 76.5 cm³/mol. The number of aliphatic hydroxyl groups is 1. The zero-order valence-electron chi connectivity index (χ0n) is 11.1. The molecule has 1 aromatic heterocycles. The topological polar surface area (TPSA) is 91.5 Å². The van der Waals surface area contributed by atoms with E-state index in [0.29, 0.717) is 16.6 Å². The first kappa shape index (κ1) is 14.1. The highest BCUT2D eigenvalue weighted by Gasteiger charge is 2.34. The Hall–Kier alpha value is -1.34. The largest absolute Gasteiger partial charge is 0.395 e. The Morgan fingerprint density at radius 1 is 1.63 bits per heavy atom. The third-order valence-electron chi connectivity index (χ3n) is 2.96. The van der Waals surface area contributed by atoms with Crippen molar-refractivity contribution in [3.05, 3.63) is 4.88 Å². The zero-order chi connectivity index (χ0) is 13.8. The Balaban J connectivity index is 2.10. The molecule has 4 N–H and O–H groups in total. The average molecular weight is 284 g/mol. The maximum absolute atomic E-state index is 12.4. The number of thiazole rings is 1. The number of carbonyl (C=O) groups excluding carboxylic acids is 1. The molecule has 1 aliphatic carbocycles. The molecule has 0 aliphatic heterocycles. The number of nitrogens with two attached hydrogens (primary N) is 1. The highest BCUT2D eigenvalue weighted by Crippen LogP contribution is 2.32. The summed E-state index contributed by atoms with van der Waals surface area (Å²) >= 11 is 1.29. The molecule has 0 bridgehead atoms. The number of nitrogens with zero attached hydrogens (tertiary/aromatic N) is 2. The molecule has 1 heterocycles. The van der Waals surface area contributed by atoms with Gasteiger partial charge in [0, 0.05) is 19.1 Å². The molecule has 0 saturated heterocycles. The van der Waals surface area contributed by atoms with Crippen LogP contribution < -0.4 is 11.1 Å². The molecule has 7 heteroatoms. The first-order valence-electron chi connectivity index (χ1n) is 6.59. The number of hydrogen-bond acceptors (Lipinski definition) is 6. The molecule has 1 aromatic rings. The predicted octanol–water partition coefficient (Wildman–Crippen LogP) is 1.14. The SMILES string of the molecule is CCCNc1nc(N)c(C(=O)N(CCO)C2CC2)s1. The number of hydrogen-bond donors (Lipinski definition) is 3. The molecular formula is C12H20N4O2S. The summed E-state index contributed by atoms with van der Waals surface area (Å²) < 4.78 is 0. The van der Waals surface area contributed by atoms with E-state index in [1.807, 2.05) is 0 Å². The fraction of sp³-hybridized carbons (Fsp3) is 0.667. The van der Waals surface area contributed by atoms with Crippen molar-refractivity contribution >= 4 is 28.2 Å². The number of carbonyl (C=O) groups is 1. The van der Waals surface area contributed by atoms with Crippen LogP contribution in [-0.2, 0) is 0 Å². The monoisotopic (exact) mass is 284 g/mol. The van der Waals surface area contributed by atoms with Crippen LogP contribution in [0.4, 0.5) is 10.9 Å². The Morgan fingerprint density at radius 2 is 2.37 bits per heavy atom. The van der Waals surface area contributed by atoms with Gasteiger partial charge >= 0.3 is 0 Å². The molecule has 0 aromatic carbocycles. The summed E-state index contributed by atoms with van der Waals surface area (Å²) in [5, 5.41) is 12.9. The maximum atomic E-state index is 12.4. The van der Waals surface area contributed by atoms with Crippen molar-refractivity contribution in [2.75, 3.05) is 30.7 Å². The van der Waals surface area contributed by atoms with Crippen LogP contribution in [0.3, 0.4) is 0 Å². The highest BCUT2D eigenvalue weighted by molar-refractivity contribution is 7.18. The van der Waals surface area contributed by atoms with Crippen LogP contribution in [0, 0.1) is 0 Å². The van der Waals surface area contributed by atoms with E-state index in [4.69, 9.17) is 10.8 Å². The summed E-state index contributed by atoms with van der Waals surface area (Å²) in [5.41, 5.74) is 5.82. The van der Waals surface area contributed by atoms with E-state index in [1.165, 1.54) is 11.3 Å². The lowest BCUT2D eigenvalue weighted by Gasteiger charge is -2.20. The second-order valence-corrected chi connectivity index (χ2v) is 5.61. The first-order chi connectivity index (χ1) is 9.17. The summed E-state index contributed by atoms with van der Waals surface area (Å²) in [6.07, 6.45) is 3.00. The summed E-state index contributed by atoms with van der Waals surface area (Å²) in [5.74, 6) is 0.160. The Bertz CT molecular complexity index is 445. The average Bonchev–Trinajstić information content (AvgIpc) is 3.16. The summed E-state index contributed by atoms with van der Waals surface area (Å²) in [4.78, 5) is 18.7. The van der Waals surface area contributed by atoms with Gasteiger partial charge in [0.2, 0.25) is 0 Å². The smallest absolute Gasteiger partial charge is 0.268 e. The van der Waals surface area contributed by atoms with Gasteiger partial charge in [0.15, 0.2) is 5.13 Å². The van der Waals surface area contributed by atoms with Crippen molar-refractivity contribution in [2.24, 2.45) is 0 Å². The van der Waals surface area contributed by atoms with Crippen molar-refractivity contribution in [1.82, 2.24) is 9.88 Å². The molecule has 19 heavy (non-hydrogen) atoms. The lowest BCUT2D eigenvalue weighted by atomic mass is 10.3. The molecule has 1 aliphatic rings. The van der Waals surface area contributed by atoms with Crippen molar-refractivity contribution in [1.29, 1.82) is 0 Å². The van der Waals surface area contributed by atoms with Crippen LogP contribution in [0.5, 0.6) is 0 Å². The molecule has 6 nitrogen and oxygen atoms in total. The summed E-state index contributed by atoms with van der Waals surface area (Å²) in [6, 6.07) is 0.258. The molecular weight excluding hydrogens is 264 g/mol. The first-order valence-corrected chi connectivity index (χ1v) is 7.41. The van der Waals surface area contributed by atoms with Crippen LogP contribution in [-0.4, -0.2) is 46.6 Å². The minimum Gasteiger partial charge on any atom is -0.395 e. The van der Waals surface area contributed by atoms with Crippen molar-refractivity contribution in [3.63, 3.8) is 0 Å². The van der Waals surface area contributed by atoms with Crippen LogP contribution in [0.15, 0.2) is 0 Å². The number of aromatic nitrogens is 1. The number of rotatable bonds is 7.